The van der Waals surface area contributed by atoms with Crippen LogP contribution < -0.4 is 4.90 Å². The van der Waals surface area contributed by atoms with Crippen molar-refractivity contribution in [3.05, 3.63) is 77.6 Å². The van der Waals surface area contributed by atoms with Gasteiger partial charge in [-0.05, 0) is 31.2 Å². The number of carbonyl (C=O) groups is 2. The number of rotatable bonds is 2. The average Bonchev–Trinajstić information content (AvgIpc) is 3.07. The van der Waals surface area contributed by atoms with Crippen LogP contribution in [-0.2, 0) is 0 Å². The molecule has 0 unspecified atom stereocenters. The molecule has 0 bridgehead atoms. The number of aromatic nitrogens is 2. The summed E-state index contributed by atoms with van der Waals surface area (Å²) in [6.45, 7) is 1.85. The van der Waals surface area contributed by atoms with Crippen LogP contribution in [0.3, 0.4) is 0 Å². The number of benzene rings is 2. The zero-order chi connectivity index (χ0) is 16.0. The first-order chi connectivity index (χ1) is 11.2. The van der Waals surface area contributed by atoms with Crippen LogP contribution in [0.25, 0.3) is 5.69 Å². The summed E-state index contributed by atoms with van der Waals surface area (Å²) in [7, 11) is 0. The molecule has 2 amide bonds. The van der Waals surface area contributed by atoms with Crippen LogP contribution in [0, 0.1) is 6.92 Å². The predicted molar refractivity (Wildman–Crippen MR) is 85.9 cm³/mol. The predicted octanol–water partition coefficient (Wildman–Crippen LogP) is 2.98. The lowest BCUT2D eigenvalue weighted by molar-refractivity contribution is 0.0926. The summed E-state index contributed by atoms with van der Waals surface area (Å²) in [6.07, 6.45) is 1.56. The molecule has 112 valence electrons. The van der Waals surface area contributed by atoms with Gasteiger partial charge in [0.05, 0.1) is 34.4 Å². The molecule has 2 heterocycles. The largest absolute Gasteiger partial charge is 0.268 e. The summed E-state index contributed by atoms with van der Waals surface area (Å²) in [5.74, 6) is -0.609. The van der Waals surface area contributed by atoms with Crippen LogP contribution in [-0.4, -0.2) is 21.6 Å². The third-order valence-electron chi connectivity index (χ3n) is 4.02. The SMILES string of the molecule is Cc1c(N2C(=O)c3ccccc3C2=O)cnn1-c1ccccc1. The van der Waals surface area contributed by atoms with Crippen molar-refractivity contribution in [1.29, 1.82) is 0 Å². The second-order valence-corrected chi connectivity index (χ2v) is 5.35. The van der Waals surface area contributed by atoms with Crippen LogP contribution in [0.5, 0.6) is 0 Å². The highest BCUT2D eigenvalue weighted by atomic mass is 16.2. The molecule has 0 radical (unpaired) electrons. The van der Waals surface area contributed by atoms with Crippen molar-refractivity contribution in [3.8, 4) is 5.69 Å². The summed E-state index contributed by atoms with van der Waals surface area (Å²) in [4.78, 5) is 26.3. The van der Waals surface area contributed by atoms with Crippen molar-refractivity contribution < 1.29 is 9.59 Å². The first kappa shape index (κ1) is 13.5. The number of carbonyl (C=O) groups excluding carboxylic acids is 2. The maximum absolute atomic E-state index is 12.6. The second kappa shape index (κ2) is 4.91. The quantitative estimate of drug-likeness (QED) is 0.684. The van der Waals surface area contributed by atoms with E-state index in [1.807, 2.05) is 37.3 Å². The van der Waals surface area contributed by atoms with Gasteiger partial charge in [0.25, 0.3) is 11.8 Å². The van der Waals surface area contributed by atoms with Gasteiger partial charge in [-0.25, -0.2) is 9.58 Å². The van der Waals surface area contributed by atoms with Crippen LogP contribution >= 0.6 is 0 Å². The van der Waals surface area contributed by atoms with E-state index < -0.39 is 0 Å². The van der Waals surface area contributed by atoms with Crippen molar-refractivity contribution in [3.63, 3.8) is 0 Å². The molecule has 3 aromatic rings. The fraction of sp³-hybridized carbons (Fsp3) is 0.0556. The minimum Gasteiger partial charge on any atom is -0.268 e. The molecule has 1 aromatic heterocycles. The number of hydrogen-bond acceptors (Lipinski definition) is 3. The summed E-state index contributed by atoms with van der Waals surface area (Å²) in [5.41, 5.74) is 3.01. The molecular formula is C18H13N3O2. The van der Waals surface area contributed by atoms with Gasteiger partial charge < -0.3 is 0 Å². The average molecular weight is 303 g/mol. The van der Waals surface area contributed by atoms with Gasteiger partial charge in [0, 0.05) is 0 Å². The number of imide groups is 1. The van der Waals surface area contributed by atoms with Crippen molar-refractivity contribution in [2.75, 3.05) is 4.90 Å². The highest BCUT2D eigenvalue weighted by Crippen LogP contribution is 2.31. The topological polar surface area (TPSA) is 55.2 Å². The minimum absolute atomic E-state index is 0.304. The summed E-state index contributed by atoms with van der Waals surface area (Å²) >= 11 is 0. The van der Waals surface area contributed by atoms with Crippen LogP contribution in [0.2, 0.25) is 0 Å². The van der Waals surface area contributed by atoms with E-state index in [0.29, 0.717) is 16.8 Å². The van der Waals surface area contributed by atoms with E-state index in [0.717, 1.165) is 11.4 Å². The molecule has 2 aromatic carbocycles. The molecule has 0 atom stereocenters. The van der Waals surface area contributed by atoms with E-state index in [1.54, 1.807) is 35.1 Å². The Labute approximate surface area is 132 Å². The molecule has 4 rings (SSSR count). The van der Waals surface area contributed by atoms with Gasteiger partial charge in [-0.2, -0.15) is 5.10 Å². The number of anilines is 1. The normalized spacial score (nSPS) is 13.5. The van der Waals surface area contributed by atoms with Gasteiger partial charge in [0.1, 0.15) is 0 Å². The fourth-order valence-corrected chi connectivity index (χ4v) is 2.86. The summed E-state index contributed by atoms with van der Waals surface area (Å²) in [5, 5.41) is 4.33. The van der Waals surface area contributed by atoms with Gasteiger partial charge in [-0.1, -0.05) is 30.3 Å². The van der Waals surface area contributed by atoms with Gasteiger partial charge in [0.2, 0.25) is 0 Å². The maximum Gasteiger partial charge on any atom is 0.266 e. The molecule has 0 saturated carbocycles. The molecule has 0 spiro atoms. The Balaban J connectivity index is 1.81. The molecule has 1 aliphatic rings. The Kier molecular flexibility index (Phi) is 2.87. The lowest BCUT2D eigenvalue weighted by Gasteiger charge is -2.13. The van der Waals surface area contributed by atoms with Gasteiger partial charge in [-0.3, -0.25) is 9.59 Å². The monoisotopic (exact) mass is 303 g/mol. The summed E-state index contributed by atoms with van der Waals surface area (Å²) in [6, 6.07) is 16.5. The Morgan fingerprint density at radius 2 is 1.39 bits per heavy atom. The third-order valence-corrected chi connectivity index (χ3v) is 4.02. The zero-order valence-electron chi connectivity index (χ0n) is 12.4. The van der Waals surface area contributed by atoms with E-state index in [-0.39, 0.29) is 11.8 Å². The molecule has 0 aliphatic carbocycles. The van der Waals surface area contributed by atoms with Crippen molar-refractivity contribution in [2.45, 2.75) is 6.92 Å². The number of nitrogens with zero attached hydrogens (tertiary/aromatic N) is 3. The smallest absolute Gasteiger partial charge is 0.266 e. The number of para-hydroxylation sites is 1. The second-order valence-electron chi connectivity index (χ2n) is 5.35. The van der Waals surface area contributed by atoms with Crippen LogP contribution in [0.4, 0.5) is 5.69 Å². The number of fused-ring (bicyclic) bond motifs is 1. The Morgan fingerprint density at radius 3 is 2.00 bits per heavy atom. The molecular weight excluding hydrogens is 290 g/mol. The fourth-order valence-electron chi connectivity index (χ4n) is 2.86. The summed E-state index contributed by atoms with van der Waals surface area (Å²) < 4.78 is 1.72. The van der Waals surface area contributed by atoms with E-state index in [1.165, 1.54) is 4.90 Å². The van der Waals surface area contributed by atoms with E-state index in [2.05, 4.69) is 5.10 Å². The van der Waals surface area contributed by atoms with Gasteiger partial charge in [-0.15, -0.1) is 0 Å². The molecule has 0 saturated heterocycles. The lowest BCUT2D eigenvalue weighted by Crippen LogP contribution is -2.29. The van der Waals surface area contributed by atoms with Crippen molar-refractivity contribution in [1.82, 2.24) is 9.78 Å². The zero-order valence-corrected chi connectivity index (χ0v) is 12.4. The van der Waals surface area contributed by atoms with Crippen LogP contribution in [0.1, 0.15) is 26.4 Å². The Morgan fingerprint density at radius 1 is 0.826 bits per heavy atom. The first-order valence-electron chi connectivity index (χ1n) is 7.26. The number of amides is 2. The minimum atomic E-state index is -0.304. The molecule has 5 nitrogen and oxygen atoms in total. The van der Waals surface area contributed by atoms with Crippen LogP contribution in [0.15, 0.2) is 60.8 Å². The number of hydrogen-bond donors (Lipinski definition) is 0. The van der Waals surface area contributed by atoms with E-state index in [9.17, 15) is 9.59 Å². The highest BCUT2D eigenvalue weighted by molar-refractivity contribution is 6.34. The van der Waals surface area contributed by atoms with Crippen molar-refractivity contribution in [2.24, 2.45) is 0 Å². The Hall–Kier alpha value is -3.21. The molecule has 1 aliphatic heterocycles. The standard InChI is InChI=1S/C18H13N3O2/c1-12-16(11-19-21(12)13-7-3-2-4-8-13)20-17(22)14-9-5-6-10-15(14)18(20)23/h2-11H,1H3. The van der Waals surface area contributed by atoms with E-state index >= 15 is 0 Å². The third kappa shape index (κ3) is 1.90. The van der Waals surface area contributed by atoms with Crippen molar-refractivity contribution >= 4 is 17.5 Å². The molecule has 0 N–H and O–H groups in total. The first-order valence-corrected chi connectivity index (χ1v) is 7.26. The molecule has 23 heavy (non-hydrogen) atoms. The highest BCUT2D eigenvalue weighted by Gasteiger charge is 2.38. The lowest BCUT2D eigenvalue weighted by atomic mass is 10.1. The Bertz CT molecular complexity index is 893. The molecule has 5 heteroatoms. The molecule has 0 fully saturated rings. The maximum atomic E-state index is 12.6. The van der Waals surface area contributed by atoms with Gasteiger partial charge >= 0.3 is 0 Å². The van der Waals surface area contributed by atoms with Gasteiger partial charge in [0.15, 0.2) is 0 Å². The van der Waals surface area contributed by atoms with E-state index in [4.69, 9.17) is 0 Å².